The van der Waals surface area contributed by atoms with Crippen LogP contribution in [0, 0.1) is 29.4 Å². The minimum Gasteiger partial charge on any atom is -0.511 e. The summed E-state index contributed by atoms with van der Waals surface area (Å²) in [5.41, 5.74) is 6.35. The molecule has 1 amide bonds. The van der Waals surface area contributed by atoms with Gasteiger partial charge in [-0.25, -0.2) is 8.78 Å². The first-order valence-corrected chi connectivity index (χ1v) is 12.4. The fraction of sp³-hybridized carbons (Fsp3) is 0.321. The number of aromatic hydroxyl groups is 1. The molecule has 3 atom stereocenters. The van der Waals surface area contributed by atoms with Crippen LogP contribution < -0.4 is 16.0 Å². The van der Waals surface area contributed by atoms with Crippen LogP contribution in [0.1, 0.15) is 29.5 Å². The number of amides is 1. The van der Waals surface area contributed by atoms with Crippen LogP contribution >= 0.6 is 0 Å². The number of hydrogen-bond donors (Lipinski definition) is 5. The fourth-order valence-electron chi connectivity index (χ4n) is 6.13. The largest absolute Gasteiger partial charge is 0.511 e. The standard InChI is InChI=1S/C28H27F2N3O6/c1-33(2)18-9-17(32-10-11-3-14(29)8-15(30)4-11)24(35)22-16(18)6-12-5-13-7-19(34)23(28(31)39)27(38)21(13)25(36)20(12)26(22)37/h3-4,8-9,12-13,21,32,35,37-38H,5-7,10H2,1-2H3,(H2,31,39)/t12-,13?,21?/m1/s1. The fourth-order valence-corrected chi connectivity index (χ4v) is 6.13. The van der Waals surface area contributed by atoms with Gasteiger partial charge in [0, 0.05) is 44.4 Å². The molecule has 0 aromatic heterocycles. The molecule has 9 nitrogen and oxygen atoms in total. The number of Topliss-reactive ketones (excluding diaryl/α,β-unsaturated/α-hetero) is 2. The number of benzene rings is 2. The van der Waals surface area contributed by atoms with Crippen LogP contribution in [0.15, 0.2) is 41.2 Å². The van der Waals surface area contributed by atoms with Gasteiger partial charge in [0.15, 0.2) is 11.6 Å². The van der Waals surface area contributed by atoms with Crippen LogP contribution in [-0.4, -0.2) is 46.9 Å². The van der Waals surface area contributed by atoms with Crippen molar-refractivity contribution >= 4 is 34.6 Å². The number of anilines is 2. The highest BCUT2D eigenvalue weighted by Gasteiger charge is 2.51. The molecule has 0 saturated heterocycles. The number of allylic oxidation sites excluding steroid dienone is 2. The second-order valence-corrected chi connectivity index (χ2v) is 10.4. The summed E-state index contributed by atoms with van der Waals surface area (Å²) < 4.78 is 27.3. The van der Waals surface area contributed by atoms with Crippen molar-refractivity contribution in [3.05, 3.63) is 69.5 Å². The van der Waals surface area contributed by atoms with Gasteiger partial charge in [0.05, 0.1) is 17.2 Å². The molecule has 1 saturated carbocycles. The molecule has 3 aliphatic carbocycles. The molecule has 6 N–H and O–H groups in total. The number of aliphatic hydroxyl groups excluding tert-OH is 2. The molecule has 2 unspecified atom stereocenters. The van der Waals surface area contributed by atoms with Gasteiger partial charge in [-0.15, -0.1) is 0 Å². The van der Waals surface area contributed by atoms with Crippen LogP contribution in [-0.2, 0) is 27.3 Å². The molecular formula is C28H27F2N3O6. The Morgan fingerprint density at radius 2 is 1.74 bits per heavy atom. The second kappa shape index (κ2) is 9.40. The van der Waals surface area contributed by atoms with Crippen LogP contribution in [0.5, 0.6) is 5.75 Å². The third kappa shape index (κ3) is 4.27. The summed E-state index contributed by atoms with van der Waals surface area (Å²) in [6, 6.07) is 4.69. The molecule has 0 spiro atoms. The van der Waals surface area contributed by atoms with Gasteiger partial charge in [0.2, 0.25) is 0 Å². The third-order valence-corrected chi connectivity index (χ3v) is 7.75. The zero-order chi connectivity index (χ0) is 28.3. The van der Waals surface area contributed by atoms with Crippen molar-refractivity contribution in [1.29, 1.82) is 0 Å². The number of phenols is 1. The first-order chi connectivity index (χ1) is 18.4. The third-order valence-electron chi connectivity index (χ3n) is 7.75. The van der Waals surface area contributed by atoms with E-state index in [4.69, 9.17) is 5.73 Å². The van der Waals surface area contributed by atoms with Gasteiger partial charge < -0.3 is 31.3 Å². The van der Waals surface area contributed by atoms with E-state index in [1.165, 1.54) is 0 Å². The van der Waals surface area contributed by atoms with Crippen LogP contribution in [0.4, 0.5) is 20.2 Å². The monoisotopic (exact) mass is 539 g/mol. The van der Waals surface area contributed by atoms with Crippen LogP contribution in [0.3, 0.4) is 0 Å². The lowest BCUT2D eigenvalue weighted by Gasteiger charge is -2.41. The highest BCUT2D eigenvalue weighted by molar-refractivity contribution is 6.21. The molecule has 2 aromatic rings. The summed E-state index contributed by atoms with van der Waals surface area (Å²) in [5.74, 6) is -7.66. The summed E-state index contributed by atoms with van der Waals surface area (Å²) in [4.78, 5) is 39.7. The molecule has 39 heavy (non-hydrogen) atoms. The number of aliphatic hydroxyl groups is 2. The predicted molar refractivity (Wildman–Crippen MR) is 138 cm³/mol. The van der Waals surface area contributed by atoms with E-state index in [2.05, 4.69) is 5.32 Å². The molecule has 0 aliphatic heterocycles. The van der Waals surface area contributed by atoms with Crippen molar-refractivity contribution in [3.8, 4) is 5.75 Å². The molecule has 11 heteroatoms. The SMILES string of the molecule is CN(C)c1cc(NCc2cc(F)cc(F)c2)c(O)c2c1C[C@H]1CC3CC(=O)C(C(N)=O)=C(O)C3C(=O)C1=C2O. The number of ketones is 2. The summed E-state index contributed by atoms with van der Waals surface area (Å²) >= 11 is 0. The highest BCUT2D eigenvalue weighted by atomic mass is 19.1. The molecule has 204 valence electrons. The van der Waals surface area contributed by atoms with Crippen molar-refractivity contribution in [1.82, 2.24) is 0 Å². The van der Waals surface area contributed by atoms with Crippen LogP contribution in [0.25, 0.3) is 5.76 Å². The Kier molecular flexibility index (Phi) is 6.32. The quantitative estimate of drug-likeness (QED) is 0.287. The Bertz CT molecular complexity index is 1490. The van der Waals surface area contributed by atoms with Crippen molar-refractivity contribution in [2.45, 2.75) is 25.8 Å². The molecule has 3 aliphatic rings. The maximum Gasteiger partial charge on any atom is 0.255 e. The summed E-state index contributed by atoms with van der Waals surface area (Å²) in [6.07, 6.45) is 0.419. The van der Waals surface area contributed by atoms with Gasteiger partial charge in [-0.1, -0.05) is 0 Å². The van der Waals surface area contributed by atoms with Crippen molar-refractivity contribution in [2.24, 2.45) is 23.5 Å². The van der Waals surface area contributed by atoms with Gasteiger partial charge >= 0.3 is 0 Å². The normalized spacial score (nSPS) is 22.3. The van der Waals surface area contributed by atoms with E-state index in [-0.39, 0.29) is 53.9 Å². The number of rotatable bonds is 5. The number of nitrogens with two attached hydrogens (primary N) is 1. The van der Waals surface area contributed by atoms with Crippen molar-refractivity contribution in [2.75, 3.05) is 24.3 Å². The highest BCUT2D eigenvalue weighted by Crippen LogP contribution is 2.52. The Hall–Kier alpha value is -4.41. The topological polar surface area (TPSA) is 153 Å². The number of nitrogens with one attached hydrogen (secondary N) is 1. The van der Waals surface area contributed by atoms with Crippen molar-refractivity contribution in [3.63, 3.8) is 0 Å². The number of phenolic OH excluding ortho intramolecular Hbond substituents is 1. The van der Waals surface area contributed by atoms with Gasteiger partial charge in [0.1, 0.15) is 34.5 Å². The molecule has 5 rings (SSSR count). The average molecular weight is 540 g/mol. The molecule has 1 fully saturated rings. The van der Waals surface area contributed by atoms with E-state index < -0.39 is 64.0 Å². The Labute approximate surface area is 222 Å². The number of carbonyl (C=O) groups is 3. The van der Waals surface area contributed by atoms with Gasteiger partial charge in [-0.2, -0.15) is 0 Å². The maximum atomic E-state index is 13.6. The Balaban J connectivity index is 1.60. The molecular weight excluding hydrogens is 512 g/mol. The minimum absolute atomic E-state index is 0.00201. The van der Waals surface area contributed by atoms with E-state index in [0.29, 0.717) is 11.3 Å². The number of nitrogens with zero attached hydrogens (tertiary/aromatic N) is 1. The zero-order valence-electron chi connectivity index (χ0n) is 21.2. The molecule has 2 aromatic carbocycles. The number of halogens is 2. The lowest BCUT2D eigenvalue weighted by molar-refractivity contribution is -0.127. The van der Waals surface area contributed by atoms with Gasteiger partial charge in [-0.3, -0.25) is 14.4 Å². The van der Waals surface area contributed by atoms with E-state index in [1.807, 2.05) is 0 Å². The lowest BCUT2D eigenvalue weighted by Crippen LogP contribution is -2.44. The van der Waals surface area contributed by atoms with Gasteiger partial charge in [0.25, 0.3) is 5.91 Å². The predicted octanol–water partition coefficient (Wildman–Crippen LogP) is 3.27. The number of primary amides is 1. The maximum absolute atomic E-state index is 13.6. The first-order valence-electron chi connectivity index (χ1n) is 12.4. The zero-order valence-corrected chi connectivity index (χ0v) is 21.2. The van der Waals surface area contributed by atoms with Crippen LogP contribution in [0.2, 0.25) is 0 Å². The van der Waals surface area contributed by atoms with E-state index >= 15 is 0 Å². The van der Waals surface area contributed by atoms with E-state index in [9.17, 15) is 38.5 Å². The minimum atomic E-state index is -1.21. The lowest BCUT2D eigenvalue weighted by atomic mass is 9.61. The average Bonchev–Trinajstić information content (AvgIpc) is 2.81. The smallest absolute Gasteiger partial charge is 0.255 e. The van der Waals surface area contributed by atoms with Crippen molar-refractivity contribution < 1.29 is 38.5 Å². The Morgan fingerprint density at radius 3 is 2.36 bits per heavy atom. The number of carbonyl (C=O) groups excluding carboxylic acids is 3. The first kappa shape index (κ1) is 26.2. The second-order valence-electron chi connectivity index (χ2n) is 10.4. The summed E-state index contributed by atoms with van der Waals surface area (Å²) in [7, 11) is 3.54. The molecule has 0 radical (unpaired) electrons. The molecule has 0 bridgehead atoms. The summed E-state index contributed by atoms with van der Waals surface area (Å²) in [6.45, 7) is -0.0425. The Morgan fingerprint density at radius 1 is 1.08 bits per heavy atom. The number of fused-ring (bicyclic) bond motifs is 3. The number of hydrogen-bond acceptors (Lipinski definition) is 8. The molecule has 0 heterocycles. The van der Waals surface area contributed by atoms with Gasteiger partial charge in [-0.05, 0) is 54.0 Å². The van der Waals surface area contributed by atoms with E-state index in [1.54, 1.807) is 25.1 Å². The van der Waals surface area contributed by atoms with E-state index in [0.717, 1.165) is 18.2 Å². The summed E-state index contributed by atoms with van der Waals surface area (Å²) in [5, 5.41) is 36.2.